The minimum Gasteiger partial charge on any atom is -0.323 e. The summed E-state index contributed by atoms with van der Waals surface area (Å²) < 4.78 is 35.9. The molecule has 1 unspecified atom stereocenters. The Morgan fingerprint density at radius 1 is 1.14 bits per heavy atom. The van der Waals surface area contributed by atoms with E-state index in [1.165, 1.54) is 12.1 Å². The van der Waals surface area contributed by atoms with Gasteiger partial charge in [-0.25, -0.2) is 13.2 Å². The molecule has 0 radical (unpaired) electrons. The fraction of sp³-hybridized carbons (Fsp3) is 0.222. The highest BCUT2D eigenvalue weighted by Gasteiger charge is 2.27. The Hall–Kier alpha value is -1.52. The van der Waals surface area contributed by atoms with E-state index < -0.39 is 18.5 Å². The van der Waals surface area contributed by atoms with Crippen molar-refractivity contribution in [2.75, 3.05) is 5.32 Å². The van der Waals surface area contributed by atoms with Crippen LogP contribution in [0.5, 0.6) is 0 Å². The highest BCUT2D eigenvalue weighted by molar-refractivity contribution is 5.94. The lowest BCUT2D eigenvalue weighted by Gasteiger charge is -2.07. The monoisotopic (exact) mass is 203 g/mol. The Balaban J connectivity index is 2.58. The van der Waals surface area contributed by atoms with Crippen molar-refractivity contribution in [1.82, 2.24) is 0 Å². The number of hydrogen-bond donors (Lipinski definition) is 1. The second kappa shape index (κ2) is 4.64. The van der Waals surface area contributed by atoms with Crippen LogP contribution >= 0.6 is 0 Å². The average molecular weight is 203 g/mol. The lowest BCUT2D eigenvalue weighted by molar-refractivity contribution is -0.125. The molecular formula is C9H8F3NO. The van der Waals surface area contributed by atoms with Crippen LogP contribution in [0.25, 0.3) is 0 Å². The van der Waals surface area contributed by atoms with Crippen LogP contribution in [0.4, 0.5) is 18.9 Å². The van der Waals surface area contributed by atoms with Crippen LogP contribution in [0.15, 0.2) is 30.3 Å². The smallest absolute Gasteiger partial charge is 0.278 e. The fourth-order valence-electron chi connectivity index (χ4n) is 0.847. The minimum atomic E-state index is -3.29. The number of carbonyl (C=O) groups excluding carboxylic acids is 1. The first-order chi connectivity index (χ1) is 6.61. The summed E-state index contributed by atoms with van der Waals surface area (Å²) in [7, 11) is 0. The molecule has 1 aromatic carbocycles. The topological polar surface area (TPSA) is 29.1 Å². The Morgan fingerprint density at radius 2 is 1.71 bits per heavy atom. The first-order valence-corrected chi connectivity index (χ1v) is 3.89. The molecule has 14 heavy (non-hydrogen) atoms. The van der Waals surface area contributed by atoms with Crippen molar-refractivity contribution in [2.24, 2.45) is 0 Å². The molecule has 5 heteroatoms. The van der Waals surface area contributed by atoms with Gasteiger partial charge >= 0.3 is 0 Å². The third-order valence-electron chi connectivity index (χ3n) is 1.51. The van der Waals surface area contributed by atoms with E-state index >= 15 is 0 Å². The molecule has 0 aliphatic rings. The largest absolute Gasteiger partial charge is 0.323 e. The van der Waals surface area contributed by atoms with Crippen molar-refractivity contribution >= 4 is 11.6 Å². The highest BCUT2D eigenvalue weighted by atomic mass is 19.3. The summed E-state index contributed by atoms with van der Waals surface area (Å²) in [6.45, 7) is 0. The van der Waals surface area contributed by atoms with Crippen molar-refractivity contribution in [3.63, 3.8) is 0 Å². The van der Waals surface area contributed by atoms with Crippen molar-refractivity contribution < 1.29 is 18.0 Å². The van der Waals surface area contributed by atoms with Gasteiger partial charge in [-0.15, -0.1) is 0 Å². The number of carbonyl (C=O) groups is 1. The molecule has 0 heterocycles. The second-order valence-electron chi connectivity index (χ2n) is 2.59. The summed E-state index contributed by atoms with van der Waals surface area (Å²) in [4.78, 5) is 10.8. The second-order valence-corrected chi connectivity index (χ2v) is 2.59. The van der Waals surface area contributed by atoms with E-state index in [-0.39, 0.29) is 0 Å². The van der Waals surface area contributed by atoms with Gasteiger partial charge in [-0.05, 0) is 12.1 Å². The van der Waals surface area contributed by atoms with Crippen molar-refractivity contribution in [3.8, 4) is 0 Å². The molecule has 2 nitrogen and oxygen atoms in total. The Labute approximate surface area is 78.7 Å². The molecule has 0 saturated heterocycles. The van der Waals surface area contributed by atoms with Crippen molar-refractivity contribution in [1.29, 1.82) is 0 Å². The van der Waals surface area contributed by atoms with Gasteiger partial charge in [0.1, 0.15) is 0 Å². The van der Waals surface area contributed by atoms with Gasteiger partial charge in [-0.3, -0.25) is 4.79 Å². The Kier molecular flexibility index (Phi) is 3.50. The maximum Gasteiger partial charge on any atom is 0.278 e. The van der Waals surface area contributed by atoms with E-state index in [1.54, 1.807) is 18.2 Å². The number of para-hydroxylation sites is 1. The molecule has 0 spiro atoms. The molecule has 0 saturated carbocycles. The third kappa shape index (κ3) is 2.76. The molecule has 0 bridgehead atoms. The van der Waals surface area contributed by atoms with Gasteiger partial charge in [0.25, 0.3) is 12.3 Å². The lowest BCUT2D eigenvalue weighted by Crippen LogP contribution is -2.29. The van der Waals surface area contributed by atoms with Gasteiger partial charge < -0.3 is 5.32 Å². The summed E-state index contributed by atoms with van der Waals surface area (Å²) in [5, 5.41) is 2.03. The zero-order valence-electron chi connectivity index (χ0n) is 7.08. The van der Waals surface area contributed by atoms with E-state index in [0.29, 0.717) is 5.69 Å². The van der Waals surface area contributed by atoms with Gasteiger partial charge in [-0.2, -0.15) is 0 Å². The summed E-state index contributed by atoms with van der Waals surface area (Å²) in [5.41, 5.74) is 0.292. The van der Waals surface area contributed by atoms with Gasteiger partial charge in [-0.1, -0.05) is 18.2 Å². The number of anilines is 1. The normalized spacial score (nSPS) is 12.6. The van der Waals surface area contributed by atoms with E-state index in [0.717, 1.165) is 0 Å². The molecule has 1 rings (SSSR count). The summed E-state index contributed by atoms with van der Waals surface area (Å²) in [6, 6.07) is 7.86. The minimum absolute atomic E-state index is 0.292. The number of rotatable bonds is 3. The van der Waals surface area contributed by atoms with Crippen LogP contribution in [-0.2, 0) is 4.79 Å². The summed E-state index contributed by atoms with van der Waals surface area (Å²) in [6.07, 6.45) is -6.08. The zero-order chi connectivity index (χ0) is 10.6. The maximum atomic E-state index is 12.4. The first kappa shape index (κ1) is 10.6. The third-order valence-corrected chi connectivity index (χ3v) is 1.51. The number of halogens is 3. The van der Waals surface area contributed by atoms with Crippen LogP contribution in [0.1, 0.15) is 0 Å². The standard InChI is InChI=1S/C9H8F3NO/c10-7(8(11)12)9(14)13-6-4-2-1-3-5-6/h1-5,7-8H,(H,13,14). The quantitative estimate of drug-likeness (QED) is 0.801. The molecule has 0 aliphatic heterocycles. The molecule has 1 N–H and O–H groups in total. The average Bonchev–Trinajstić information content (AvgIpc) is 2.18. The van der Waals surface area contributed by atoms with Crippen LogP contribution in [0.3, 0.4) is 0 Å². The van der Waals surface area contributed by atoms with Gasteiger partial charge in [0, 0.05) is 5.69 Å². The summed E-state index contributed by atoms with van der Waals surface area (Å²) >= 11 is 0. The lowest BCUT2D eigenvalue weighted by atomic mass is 10.3. The maximum absolute atomic E-state index is 12.4. The summed E-state index contributed by atoms with van der Waals surface area (Å²) in [5.74, 6) is -1.33. The fourth-order valence-corrected chi connectivity index (χ4v) is 0.847. The number of benzene rings is 1. The van der Waals surface area contributed by atoms with Gasteiger partial charge in [0.05, 0.1) is 0 Å². The van der Waals surface area contributed by atoms with Crippen molar-refractivity contribution in [3.05, 3.63) is 30.3 Å². The number of nitrogens with one attached hydrogen (secondary N) is 1. The Morgan fingerprint density at radius 3 is 2.21 bits per heavy atom. The number of amides is 1. The zero-order valence-corrected chi connectivity index (χ0v) is 7.08. The molecule has 76 valence electrons. The van der Waals surface area contributed by atoms with Crippen LogP contribution in [0, 0.1) is 0 Å². The molecular weight excluding hydrogens is 195 g/mol. The van der Waals surface area contributed by atoms with Gasteiger partial charge in [0.15, 0.2) is 0 Å². The molecule has 1 aromatic rings. The molecule has 0 fully saturated rings. The van der Waals surface area contributed by atoms with E-state index in [9.17, 15) is 18.0 Å². The Bertz CT molecular complexity index is 302. The van der Waals surface area contributed by atoms with Crippen LogP contribution in [0.2, 0.25) is 0 Å². The van der Waals surface area contributed by atoms with E-state index in [1.807, 2.05) is 5.32 Å². The number of hydrogen-bond acceptors (Lipinski definition) is 1. The molecule has 1 atom stereocenters. The molecule has 0 aromatic heterocycles. The molecule has 0 aliphatic carbocycles. The van der Waals surface area contributed by atoms with Gasteiger partial charge in [0.2, 0.25) is 6.17 Å². The predicted molar refractivity (Wildman–Crippen MR) is 46.0 cm³/mol. The SMILES string of the molecule is O=C(Nc1ccccc1)C(F)C(F)F. The van der Waals surface area contributed by atoms with Crippen LogP contribution < -0.4 is 5.32 Å². The number of alkyl halides is 3. The van der Waals surface area contributed by atoms with E-state index in [4.69, 9.17) is 0 Å². The molecule has 1 amide bonds. The highest BCUT2D eigenvalue weighted by Crippen LogP contribution is 2.10. The van der Waals surface area contributed by atoms with Crippen LogP contribution in [-0.4, -0.2) is 18.5 Å². The predicted octanol–water partition coefficient (Wildman–Crippen LogP) is 2.23. The van der Waals surface area contributed by atoms with E-state index in [2.05, 4.69) is 0 Å². The first-order valence-electron chi connectivity index (χ1n) is 3.89. The van der Waals surface area contributed by atoms with Crippen molar-refractivity contribution in [2.45, 2.75) is 12.6 Å².